The second-order valence-electron chi connectivity index (χ2n) is 14.1. The molecule has 0 fully saturated rings. The first-order chi connectivity index (χ1) is 22.5. The smallest absolute Gasteiger partial charge is 0.303 e. The number of imide groups is 1. The number of hydrogen-bond acceptors (Lipinski definition) is 11. The molecule has 0 aromatic carbocycles. The van der Waals surface area contributed by atoms with Crippen LogP contribution in [0.3, 0.4) is 0 Å². The summed E-state index contributed by atoms with van der Waals surface area (Å²) in [5.41, 5.74) is -3.01. The Morgan fingerprint density at radius 3 is 1.88 bits per heavy atom. The first-order valence-electron chi connectivity index (χ1n) is 17.1. The molecule has 0 saturated carbocycles. The van der Waals surface area contributed by atoms with Gasteiger partial charge in [-0.15, -0.1) is 0 Å². The summed E-state index contributed by atoms with van der Waals surface area (Å²) in [6, 6.07) is 0. The highest BCUT2D eigenvalue weighted by atomic mass is 16.6. The van der Waals surface area contributed by atoms with Crippen molar-refractivity contribution < 1.29 is 52.9 Å². The molecule has 0 saturated heterocycles. The van der Waals surface area contributed by atoms with Crippen LogP contribution >= 0.6 is 0 Å². The molecule has 1 heterocycles. The maximum absolute atomic E-state index is 12.5. The number of carbonyl (C=O) groups excluding carboxylic acids is 7. The van der Waals surface area contributed by atoms with Gasteiger partial charge in [-0.25, -0.2) is 0 Å². The summed E-state index contributed by atoms with van der Waals surface area (Å²) in [7, 11) is 0. The highest BCUT2D eigenvalue weighted by molar-refractivity contribution is 6.12. The number of Topliss-reactive ketones (excluding diaryl/α,β-unsaturated/α-hetero) is 3. The Morgan fingerprint density at radius 2 is 1.41 bits per heavy atom. The highest BCUT2D eigenvalue weighted by Crippen LogP contribution is 2.28. The van der Waals surface area contributed by atoms with Crippen LogP contribution in [-0.2, 0) is 47.8 Å². The van der Waals surface area contributed by atoms with Crippen LogP contribution in [0.25, 0.3) is 0 Å². The molecule has 13 nitrogen and oxygen atoms in total. The van der Waals surface area contributed by atoms with E-state index in [1.54, 1.807) is 27.7 Å². The minimum Gasteiger partial charge on any atom is -0.455 e. The summed E-state index contributed by atoms with van der Waals surface area (Å²) in [6.45, 7) is 20.5. The number of hydrogen-bond donors (Lipinski definition) is 2. The number of esters is 1. The predicted molar refractivity (Wildman–Crippen MR) is 183 cm³/mol. The summed E-state index contributed by atoms with van der Waals surface area (Å²) in [5.74, 6) is -2.46. The molecular formula is C36H60N2O11. The minimum absolute atomic E-state index is 0.0569. The lowest BCUT2D eigenvalue weighted by atomic mass is 9.77. The highest BCUT2D eigenvalue weighted by Gasteiger charge is 2.39. The SMILES string of the molecule is CC(=O)OC(C)C(=O)C(C)(C)OCC(=O)C(C)(C)C(C)C.CCCCC(O)C(=O)C(C)(C)OC(CCC)C(=O)NCCN1C(=O)C=CC1=O. The van der Waals surface area contributed by atoms with Gasteiger partial charge in [-0.2, -0.15) is 0 Å². The first-order valence-corrected chi connectivity index (χ1v) is 17.1. The number of carbonyl (C=O) groups is 7. The second-order valence-corrected chi connectivity index (χ2v) is 14.1. The number of aliphatic hydroxyl groups is 1. The zero-order chi connectivity index (χ0) is 38.3. The molecule has 13 heteroatoms. The maximum Gasteiger partial charge on any atom is 0.303 e. The number of amides is 3. The molecule has 0 radical (unpaired) electrons. The number of nitrogens with one attached hydrogen (secondary N) is 1. The Bertz CT molecular complexity index is 1190. The molecule has 1 rings (SSSR count). The van der Waals surface area contributed by atoms with Crippen LogP contribution in [0.2, 0.25) is 0 Å². The average molecular weight is 697 g/mol. The maximum atomic E-state index is 12.5. The van der Waals surface area contributed by atoms with Crippen LogP contribution < -0.4 is 5.32 Å². The van der Waals surface area contributed by atoms with Gasteiger partial charge in [0.25, 0.3) is 11.8 Å². The van der Waals surface area contributed by atoms with Crippen LogP contribution in [0.15, 0.2) is 12.2 Å². The van der Waals surface area contributed by atoms with Gasteiger partial charge < -0.3 is 24.6 Å². The molecule has 0 aromatic heterocycles. The van der Waals surface area contributed by atoms with E-state index in [1.807, 2.05) is 41.5 Å². The predicted octanol–water partition coefficient (Wildman–Crippen LogP) is 3.67. The zero-order valence-corrected chi connectivity index (χ0v) is 31.6. The van der Waals surface area contributed by atoms with Crippen LogP contribution in [-0.4, -0.2) is 100 Å². The fourth-order valence-electron chi connectivity index (χ4n) is 4.52. The minimum atomic E-state index is -1.31. The quantitative estimate of drug-likeness (QED) is 0.132. The van der Waals surface area contributed by atoms with Gasteiger partial charge in [0.05, 0.1) is 0 Å². The Labute approximate surface area is 291 Å². The van der Waals surface area contributed by atoms with Gasteiger partial charge in [-0.1, -0.05) is 60.8 Å². The van der Waals surface area contributed by atoms with Gasteiger partial charge in [0.15, 0.2) is 17.7 Å². The summed E-state index contributed by atoms with van der Waals surface area (Å²) in [4.78, 5) is 84.3. The van der Waals surface area contributed by atoms with Crippen LogP contribution in [0.1, 0.15) is 115 Å². The van der Waals surface area contributed by atoms with Crippen molar-refractivity contribution in [2.24, 2.45) is 11.3 Å². The third-order valence-corrected chi connectivity index (χ3v) is 8.57. The second kappa shape index (κ2) is 20.4. The Balaban J connectivity index is 0.000000983. The molecule has 3 amide bonds. The summed E-state index contributed by atoms with van der Waals surface area (Å²) >= 11 is 0. The van der Waals surface area contributed by atoms with Crippen molar-refractivity contribution in [2.75, 3.05) is 19.7 Å². The van der Waals surface area contributed by atoms with Gasteiger partial charge in [0.1, 0.15) is 30.0 Å². The molecule has 1 aliphatic rings. The number of rotatable bonds is 21. The molecule has 280 valence electrons. The van der Waals surface area contributed by atoms with Crippen molar-refractivity contribution in [3.63, 3.8) is 0 Å². The summed E-state index contributed by atoms with van der Waals surface area (Å²) in [6.07, 6.45) is 2.49. The fraction of sp³-hybridized carbons (Fsp3) is 0.750. The van der Waals surface area contributed by atoms with Crippen LogP contribution in [0, 0.1) is 11.3 Å². The molecule has 1 aliphatic heterocycles. The Hall–Kier alpha value is -3.29. The average Bonchev–Trinajstić information content (AvgIpc) is 3.33. The van der Waals surface area contributed by atoms with Crippen molar-refractivity contribution in [1.82, 2.24) is 10.2 Å². The first kappa shape index (κ1) is 45.7. The molecular weight excluding hydrogens is 636 g/mol. The van der Waals surface area contributed by atoms with E-state index in [9.17, 15) is 38.7 Å². The van der Waals surface area contributed by atoms with E-state index in [0.29, 0.717) is 19.3 Å². The Kier molecular flexibility index (Phi) is 19.0. The van der Waals surface area contributed by atoms with E-state index < -0.39 is 64.4 Å². The number of ether oxygens (including phenoxy) is 3. The third-order valence-electron chi connectivity index (χ3n) is 8.57. The normalized spacial score (nSPS) is 15.3. The van der Waals surface area contributed by atoms with E-state index in [2.05, 4.69) is 5.32 Å². The van der Waals surface area contributed by atoms with Crippen molar-refractivity contribution in [2.45, 2.75) is 145 Å². The van der Waals surface area contributed by atoms with Gasteiger partial charge in [-0.05, 0) is 53.4 Å². The largest absolute Gasteiger partial charge is 0.455 e. The van der Waals surface area contributed by atoms with Gasteiger partial charge >= 0.3 is 5.97 Å². The van der Waals surface area contributed by atoms with Crippen LogP contribution in [0.4, 0.5) is 0 Å². The molecule has 0 aliphatic carbocycles. The molecule has 0 spiro atoms. The van der Waals surface area contributed by atoms with E-state index in [0.717, 1.165) is 17.7 Å². The van der Waals surface area contributed by atoms with Crippen molar-refractivity contribution in [3.8, 4) is 0 Å². The van der Waals surface area contributed by atoms with Crippen LogP contribution in [0.5, 0.6) is 0 Å². The number of aliphatic hydroxyl groups excluding tert-OH is 1. The van der Waals surface area contributed by atoms with Gasteiger partial charge in [0.2, 0.25) is 11.7 Å². The fourth-order valence-corrected chi connectivity index (χ4v) is 4.52. The summed E-state index contributed by atoms with van der Waals surface area (Å²) < 4.78 is 16.1. The molecule has 3 unspecified atom stereocenters. The standard InChI is InChI=1S/C20H32N2O6.C16H28O5/c1-5-7-9-14(23)18(26)20(3,4)28-15(8-6-2)19(27)21-12-13-22-16(24)10-11-17(22)25;1-10(2)15(5,6)13(18)9-20-16(7,8)14(19)11(3)21-12(4)17/h10-11,14-15,23H,5-9,12-13H2,1-4H3,(H,21,27);10-11H,9H2,1-8H3. The van der Waals surface area contributed by atoms with Gasteiger partial charge in [0, 0.05) is 37.6 Å². The monoisotopic (exact) mass is 696 g/mol. The van der Waals surface area contributed by atoms with Crippen molar-refractivity contribution in [1.29, 1.82) is 0 Å². The number of nitrogens with zero attached hydrogens (tertiary/aromatic N) is 1. The number of unbranched alkanes of at least 4 members (excludes halogenated alkanes) is 1. The van der Waals surface area contributed by atoms with E-state index in [1.165, 1.54) is 26.0 Å². The molecule has 3 atom stereocenters. The topological polar surface area (TPSA) is 183 Å². The van der Waals surface area contributed by atoms with E-state index in [-0.39, 0.29) is 37.2 Å². The molecule has 2 N–H and O–H groups in total. The molecule has 0 aromatic rings. The number of ketones is 3. The lowest BCUT2D eigenvalue weighted by molar-refractivity contribution is -0.164. The zero-order valence-electron chi connectivity index (χ0n) is 31.6. The summed E-state index contributed by atoms with van der Waals surface area (Å²) in [5, 5.41) is 12.7. The van der Waals surface area contributed by atoms with E-state index in [4.69, 9.17) is 14.2 Å². The Morgan fingerprint density at radius 1 is 0.857 bits per heavy atom. The lowest BCUT2D eigenvalue weighted by Gasteiger charge is -2.31. The van der Waals surface area contributed by atoms with Crippen molar-refractivity contribution >= 4 is 41.0 Å². The third kappa shape index (κ3) is 15.0. The molecule has 49 heavy (non-hydrogen) atoms. The molecule has 0 bridgehead atoms. The van der Waals surface area contributed by atoms with Gasteiger partial charge in [-0.3, -0.25) is 38.5 Å². The van der Waals surface area contributed by atoms with E-state index >= 15 is 0 Å². The lowest BCUT2D eigenvalue weighted by Crippen LogP contribution is -2.49. The van der Waals surface area contributed by atoms with Crippen molar-refractivity contribution in [3.05, 3.63) is 12.2 Å².